The Morgan fingerprint density at radius 1 is 1.16 bits per heavy atom. The molecule has 0 aromatic carbocycles. The van der Waals surface area contributed by atoms with Crippen molar-refractivity contribution in [3.8, 4) is 0 Å². The molecule has 0 amide bonds. The van der Waals surface area contributed by atoms with Gasteiger partial charge in [-0.25, -0.2) is 0 Å². The van der Waals surface area contributed by atoms with Gasteiger partial charge in [-0.05, 0) is 25.3 Å². The standard InChI is InChI=1S/C21H29NO3/c1-3-4-5-6-7-8-9-10-11-12-13-14-15-19-18-25-22-20(19)16-17-21(23)24-2/h7-8,10-15,18H,3-6,9,16-17H2,1-2H3/b8-7-,11-10-,13-12+,15-14+. The van der Waals surface area contributed by atoms with E-state index in [4.69, 9.17) is 4.52 Å². The molecule has 0 N–H and O–H groups in total. The van der Waals surface area contributed by atoms with Crippen LogP contribution in [0.2, 0.25) is 0 Å². The topological polar surface area (TPSA) is 52.3 Å². The number of carbonyl (C=O) groups is 1. The van der Waals surface area contributed by atoms with E-state index < -0.39 is 0 Å². The molecule has 0 saturated heterocycles. The number of hydrogen-bond donors (Lipinski definition) is 0. The van der Waals surface area contributed by atoms with Crippen molar-refractivity contribution < 1.29 is 14.1 Å². The summed E-state index contributed by atoms with van der Waals surface area (Å²) in [4.78, 5) is 11.2. The summed E-state index contributed by atoms with van der Waals surface area (Å²) in [5.41, 5.74) is 1.64. The zero-order valence-corrected chi connectivity index (χ0v) is 15.3. The summed E-state index contributed by atoms with van der Waals surface area (Å²) >= 11 is 0. The summed E-state index contributed by atoms with van der Waals surface area (Å²) in [6.45, 7) is 2.22. The third-order valence-electron chi connectivity index (χ3n) is 3.63. The fourth-order valence-electron chi connectivity index (χ4n) is 2.16. The molecule has 1 rings (SSSR count). The van der Waals surface area contributed by atoms with Crippen LogP contribution in [0.4, 0.5) is 0 Å². The molecule has 0 aliphatic rings. The lowest BCUT2D eigenvalue weighted by molar-refractivity contribution is -0.140. The van der Waals surface area contributed by atoms with Crippen LogP contribution in [0.15, 0.2) is 53.3 Å². The third kappa shape index (κ3) is 10.2. The quantitative estimate of drug-likeness (QED) is 0.220. The minimum atomic E-state index is -0.248. The third-order valence-corrected chi connectivity index (χ3v) is 3.63. The molecule has 1 aromatic rings. The molecule has 0 fully saturated rings. The second kappa shape index (κ2) is 14.0. The first-order valence-corrected chi connectivity index (χ1v) is 8.92. The Kier molecular flexibility index (Phi) is 11.6. The highest BCUT2D eigenvalue weighted by atomic mass is 16.5. The number of aromatic nitrogens is 1. The lowest BCUT2D eigenvalue weighted by Gasteiger charge is -1.96. The van der Waals surface area contributed by atoms with Crippen LogP contribution < -0.4 is 0 Å². The van der Waals surface area contributed by atoms with Crippen molar-refractivity contribution in [1.29, 1.82) is 0 Å². The zero-order chi connectivity index (χ0) is 18.2. The van der Waals surface area contributed by atoms with Crippen LogP contribution in [-0.2, 0) is 16.0 Å². The molecule has 25 heavy (non-hydrogen) atoms. The highest BCUT2D eigenvalue weighted by molar-refractivity contribution is 5.69. The van der Waals surface area contributed by atoms with Gasteiger partial charge in [0.05, 0.1) is 19.2 Å². The molecule has 0 aliphatic carbocycles. The van der Waals surface area contributed by atoms with Gasteiger partial charge in [-0.3, -0.25) is 4.79 Å². The van der Waals surface area contributed by atoms with Crippen LogP contribution in [0, 0.1) is 0 Å². The van der Waals surface area contributed by atoms with Gasteiger partial charge in [0.15, 0.2) is 0 Å². The number of allylic oxidation sites excluding steroid dienone is 7. The van der Waals surface area contributed by atoms with Gasteiger partial charge in [-0.15, -0.1) is 0 Å². The number of carbonyl (C=O) groups excluding carboxylic acids is 1. The molecule has 1 heterocycles. The Morgan fingerprint density at radius 2 is 2.00 bits per heavy atom. The van der Waals surface area contributed by atoms with E-state index in [1.54, 1.807) is 6.26 Å². The van der Waals surface area contributed by atoms with Gasteiger partial charge in [0.1, 0.15) is 6.26 Å². The number of nitrogens with zero attached hydrogens (tertiary/aromatic N) is 1. The number of rotatable bonds is 12. The van der Waals surface area contributed by atoms with Crippen molar-refractivity contribution in [3.05, 3.63) is 60.1 Å². The predicted octanol–water partition coefficient (Wildman–Crippen LogP) is 5.43. The van der Waals surface area contributed by atoms with Crippen molar-refractivity contribution in [2.45, 2.75) is 51.9 Å². The normalized spacial score (nSPS) is 12.2. The van der Waals surface area contributed by atoms with E-state index >= 15 is 0 Å². The van der Waals surface area contributed by atoms with E-state index in [9.17, 15) is 4.79 Å². The molecule has 136 valence electrons. The fourth-order valence-corrected chi connectivity index (χ4v) is 2.16. The second-order valence-corrected chi connectivity index (χ2v) is 5.67. The van der Waals surface area contributed by atoms with Crippen molar-refractivity contribution in [2.75, 3.05) is 7.11 Å². The number of aryl methyl sites for hydroxylation is 1. The van der Waals surface area contributed by atoms with Crippen molar-refractivity contribution in [2.24, 2.45) is 0 Å². The van der Waals surface area contributed by atoms with Gasteiger partial charge in [0.2, 0.25) is 0 Å². The van der Waals surface area contributed by atoms with E-state index in [0.717, 1.165) is 17.7 Å². The van der Waals surface area contributed by atoms with Crippen LogP contribution in [0.5, 0.6) is 0 Å². The molecule has 1 aromatic heterocycles. The molecule has 0 radical (unpaired) electrons. The Labute approximate surface area is 150 Å². The highest BCUT2D eigenvalue weighted by Crippen LogP contribution is 2.11. The van der Waals surface area contributed by atoms with E-state index in [2.05, 4.69) is 35.0 Å². The number of hydrogen-bond acceptors (Lipinski definition) is 4. The first kappa shape index (κ1) is 20.7. The monoisotopic (exact) mass is 343 g/mol. The maximum Gasteiger partial charge on any atom is 0.305 e. The summed E-state index contributed by atoms with van der Waals surface area (Å²) in [5.74, 6) is -0.248. The molecular formula is C21H29NO3. The molecule has 0 aliphatic heterocycles. The summed E-state index contributed by atoms with van der Waals surface area (Å²) in [6, 6.07) is 0. The van der Waals surface area contributed by atoms with Gasteiger partial charge in [0, 0.05) is 12.0 Å². The van der Waals surface area contributed by atoms with Crippen molar-refractivity contribution in [3.63, 3.8) is 0 Å². The maximum absolute atomic E-state index is 11.2. The van der Waals surface area contributed by atoms with E-state index in [1.165, 1.54) is 32.8 Å². The molecule has 0 unspecified atom stereocenters. The predicted molar refractivity (Wildman–Crippen MR) is 102 cm³/mol. The Bertz CT molecular complexity index is 594. The number of esters is 1. The Hall–Kier alpha value is -2.36. The number of unbranched alkanes of at least 4 members (excludes halogenated alkanes) is 3. The Balaban J connectivity index is 2.28. The van der Waals surface area contributed by atoms with Gasteiger partial charge >= 0.3 is 5.97 Å². The van der Waals surface area contributed by atoms with E-state index in [1.807, 2.05) is 30.4 Å². The molecule has 0 spiro atoms. The van der Waals surface area contributed by atoms with Gasteiger partial charge < -0.3 is 9.26 Å². The first-order chi connectivity index (χ1) is 12.3. The molecule has 0 atom stereocenters. The van der Waals surface area contributed by atoms with Crippen molar-refractivity contribution in [1.82, 2.24) is 5.16 Å². The van der Waals surface area contributed by atoms with Gasteiger partial charge in [-0.2, -0.15) is 0 Å². The summed E-state index contributed by atoms with van der Waals surface area (Å²) in [7, 11) is 1.38. The molecule has 0 saturated carbocycles. The van der Waals surface area contributed by atoms with Crippen LogP contribution >= 0.6 is 0 Å². The number of methoxy groups -OCH3 is 1. The smallest absolute Gasteiger partial charge is 0.305 e. The largest absolute Gasteiger partial charge is 0.469 e. The lowest BCUT2D eigenvalue weighted by Crippen LogP contribution is -2.02. The van der Waals surface area contributed by atoms with Crippen LogP contribution in [0.25, 0.3) is 6.08 Å². The minimum absolute atomic E-state index is 0.248. The van der Waals surface area contributed by atoms with Crippen LogP contribution in [0.1, 0.15) is 56.7 Å². The first-order valence-electron chi connectivity index (χ1n) is 8.92. The van der Waals surface area contributed by atoms with E-state index in [-0.39, 0.29) is 5.97 Å². The van der Waals surface area contributed by atoms with Crippen molar-refractivity contribution >= 4 is 12.0 Å². The lowest BCUT2D eigenvalue weighted by atomic mass is 10.1. The SMILES string of the molecule is CCCCC/C=C\C\C=C/C=C/C=C/c1conc1CCC(=O)OC. The zero-order valence-electron chi connectivity index (χ0n) is 15.3. The number of ether oxygens (including phenoxy) is 1. The minimum Gasteiger partial charge on any atom is -0.469 e. The average molecular weight is 343 g/mol. The summed E-state index contributed by atoms with van der Waals surface area (Å²) < 4.78 is 9.60. The molecule has 4 nitrogen and oxygen atoms in total. The van der Waals surface area contributed by atoms with E-state index in [0.29, 0.717) is 12.8 Å². The maximum atomic E-state index is 11.2. The van der Waals surface area contributed by atoms with Crippen LogP contribution in [-0.4, -0.2) is 18.2 Å². The van der Waals surface area contributed by atoms with Gasteiger partial charge in [0.25, 0.3) is 0 Å². The second-order valence-electron chi connectivity index (χ2n) is 5.67. The average Bonchev–Trinajstić information content (AvgIpc) is 3.08. The van der Waals surface area contributed by atoms with Crippen LogP contribution in [0.3, 0.4) is 0 Å². The molecule has 4 heteroatoms. The summed E-state index contributed by atoms with van der Waals surface area (Å²) in [6.07, 6.45) is 24.8. The van der Waals surface area contributed by atoms with Gasteiger partial charge in [-0.1, -0.05) is 67.5 Å². The fraction of sp³-hybridized carbons (Fsp3) is 0.429. The summed E-state index contributed by atoms with van der Waals surface area (Å²) in [5, 5.41) is 3.92. The molecule has 0 bridgehead atoms. The highest BCUT2D eigenvalue weighted by Gasteiger charge is 2.08. The Morgan fingerprint density at radius 3 is 2.80 bits per heavy atom. The molecular weight excluding hydrogens is 314 g/mol.